The molecular weight excluding hydrogens is 328 g/mol. The van der Waals surface area contributed by atoms with Crippen molar-refractivity contribution in [1.29, 1.82) is 0 Å². The molecule has 0 atom stereocenters. The minimum Gasteiger partial charge on any atom is -0.291 e. The van der Waals surface area contributed by atoms with Crippen LogP contribution in [0.4, 0.5) is 0 Å². The molecule has 0 bridgehead atoms. The van der Waals surface area contributed by atoms with Crippen LogP contribution in [0.5, 0.6) is 0 Å². The Balaban J connectivity index is 1.85. The van der Waals surface area contributed by atoms with Crippen LogP contribution in [0.2, 0.25) is 0 Å². The van der Waals surface area contributed by atoms with Gasteiger partial charge in [0.2, 0.25) is 0 Å². The van der Waals surface area contributed by atoms with Crippen LogP contribution in [0.25, 0.3) is 0 Å². The molecule has 0 unspecified atom stereocenters. The third-order valence-corrected chi connectivity index (χ3v) is 5.32. The SMILES string of the molecule is Cc1cccc(Cc2c(C)nc(SCc3ccccc3)n(C)c2=O)c1. The molecule has 1 heterocycles. The summed E-state index contributed by atoms with van der Waals surface area (Å²) >= 11 is 1.60. The van der Waals surface area contributed by atoms with Gasteiger partial charge in [0.25, 0.3) is 5.56 Å². The molecule has 3 aromatic rings. The molecule has 0 saturated heterocycles. The Morgan fingerprint density at radius 2 is 1.72 bits per heavy atom. The average molecular weight is 350 g/mol. The van der Waals surface area contributed by atoms with E-state index in [0.717, 1.165) is 27.7 Å². The van der Waals surface area contributed by atoms with Gasteiger partial charge < -0.3 is 0 Å². The first kappa shape index (κ1) is 17.5. The summed E-state index contributed by atoms with van der Waals surface area (Å²) in [6.45, 7) is 4.00. The van der Waals surface area contributed by atoms with Gasteiger partial charge in [0.1, 0.15) is 0 Å². The van der Waals surface area contributed by atoms with Crippen LogP contribution < -0.4 is 5.56 Å². The maximum Gasteiger partial charge on any atom is 0.257 e. The second-order valence-electron chi connectivity index (χ2n) is 6.26. The van der Waals surface area contributed by atoms with E-state index < -0.39 is 0 Å². The molecular formula is C21H22N2OS. The molecule has 0 aliphatic heterocycles. The quantitative estimate of drug-likeness (QED) is 0.509. The largest absolute Gasteiger partial charge is 0.291 e. The molecule has 4 heteroatoms. The lowest BCUT2D eigenvalue weighted by atomic mass is 10.0. The van der Waals surface area contributed by atoms with Gasteiger partial charge in [-0.05, 0) is 25.0 Å². The van der Waals surface area contributed by atoms with Gasteiger partial charge in [-0.15, -0.1) is 0 Å². The summed E-state index contributed by atoms with van der Waals surface area (Å²) in [5.74, 6) is 0.803. The maximum atomic E-state index is 12.8. The van der Waals surface area contributed by atoms with Crippen molar-refractivity contribution in [2.45, 2.75) is 31.2 Å². The topological polar surface area (TPSA) is 34.9 Å². The van der Waals surface area contributed by atoms with Gasteiger partial charge in [0.15, 0.2) is 5.16 Å². The second kappa shape index (κ2) is 7.70. The molecule has 3 nitrogen and oxygen atoms in total. The highest BCUT2D eigenvalue weighted by Crippen LogP contribution is 2.21. The highest BCUT2D eigenvalue weighted by atomic mass is 32.2. The summed E-state index contributed by atoms with van der Waals surface area (Å²) in [5, 5.41) is 0.763. The summed E-state index contributed by atoms with van der Waals surface area (Å²) < 4.78 is 1.67. The molecule has 0 radical (unpaired) electrons. The summed E-state index contributed by atoms with van der Waals surface area (Å²) in [5.41, 5.74) is 5.21. The number of benzene rings is 2. The number of aromatic nitrogens is 2. The summed E-state index contributed by atoms with van der Waals surface area (Å²) in [4.78, 5) is 17.5. The van der Waals surface area contributed by atoms with Crippen LogP contribution in [0.15, 0.2) is 64.5 Å². The van der Waals surface area contributed by atoms with E-state index >= 15 is 0 Å². The molecule has 3 rings (SSSR count). The molecule has 128 valence electrons. The molecule has 0 spiro atoms. The Kier molecular flexibility index (Phi) is 5.39. The van der Waals surface area contributed by atoms with Gasteiger partial charge in [-0.2, -0.15) is 0 Å². The summed E-state index contributed by atoms with van der Waals surface area (Å²) in [7, 11) is 1.81. The smallest absolute Gasteiger partial charge is 0.257 e. The predicted octanol–water partition coefficient (Wildman–Crippen LogP) is 4.28. The van der Waals surface area contributed by atoms with E-state index in [1.165, 1.54) is 11.1 Å². The van der Waals surface area contributed by atoms with E-state index in [-0.39, 0.29) is 5.56 Å². The predicted molar refractivity (Wildman–Crippen MR) is 104 cm³/mol. The molecule has 0 saturated carbocycles. The van der Waals surface area contributed by atoms with Gasteiger partial charge in [0.05, 0.1) is 0 Å². The zero-order chi connectivity index (χ0) is 17.8. The fourth-order valence-corrected chi connectivity index (χ4v) is 3.78. The van der Waals surface area contributed by atoms with Gasteiger partial charge >= 0.3 is 0 Å². The van der Waals surface area contributed by atoms with Crippen molar-refractivity contribution < 1.29 is 0 Å². The molecule has 25 heavy (non-hydrogen) atoms. The first-order chi connectivity index (χ1) is 12.0. The van der Waals surface area contributed by atoms with E-state index in [9.17, 15) is 4.79 Å². The Morgan fingerprint density at radius 1 is 1.00 bits per heavy atom. The van der Waals surface area contributed by atoms with Crippen LogP contribution in [-0.4, -0.2) is 9.55 Å². The van der Waals surface area contributed by atoms with Gasteiger partial charge in [-0.1, -0.05) is 71.9 Å². The summed E-state index contributed by atoms with van der Waals surface area (Å²) in [6.07, 6.45) is 0.622. The number of hydrogen-bond acceptors (Lipinski definition) is 3. The van der Waals surface area contributed by atoms with Crippen LogP contribution in [0.3, 0.4) is 0 Å². The molecule has 0 aliphatic carbocycles. The van der Waals surface area contributed by atoms with Crippen molar-refractivity contribution in [1.82, 2.24) is 9.55 Å². The van der Waals surface area contributed by atoms with Crippen molar-refractivity contribution >= 4 is 11.8 Å². The molecule has 2 aromatic carbocycles. The number of thioether (sulfide) groups is 1. The third-order valence-electron chi connectivity index (χ3n) is 4.22. The van der Waals surface area contributed by atoms with E-state index in [4.69, 9.17) is 4.98 Å². The fraction of sp³-hybridized carbons (Fsp3) is 0.238. The minimum absolute atomic E-state index is 0.0459. The fourth-order valence-electron chi connectivity index (χ4n) is 2.81. The van der Waals surface area contributed by atoms with Crippen LogP contribution in [0.1, 0.15) is 27.9 Å². The Morgan fingerprint density at radius 3 is 2.44 bits per heavy atom. The van der Waals surface area contributed by atoms with E-state index in [0.29, 0.717) is 6.42 Å². The average Bonchev–Trinajstić information content (AvgIpc) is 2.61. The minimum atomic E-state index is 0.0459. The lowest BCUT2D eigenvalue weighted by Gasteiger charge is -2.12. The van der Waals surface area contributed by atoms with Crippen LogP contribution in [-0.2, 0) is 19.2 Å². The second-order valence-corrected chi connectivity index (χ2v) is 7.21. The molecule has 0 amide bonds. The molecule has 1 aromatic heterocycles. The van der Waals surface area contributed by atoms with E-state index in [2.05, 4.69) is 37.3 Å². The van der Waals surface area contributed by atoms with Crippen LogP contribution >= 0.6 is 11.8 Å². The van der Waals surface area contributed by atoms with Crippen molar-refractivity contribution in [2.75, 3.05) is 0 Å². The highest BCUT2D eigenvalue weighted by molar-refractivity contribution is 7.98. The number of aryl methyl sites for hydroxylation is 2. The Bertz CT molecular complexity index is 932. The third kappa shape index (κ3) is 4.20. The van der Waals surface area contributed by atoms with Gasteiger partial charge in [-0.25, -0.2) is 4.98 Å². The van der Waals surface area contributed by atoms with Crippen molar-refractivity contribution in [3.63, 3.8) is 0 Å². The van der Waals surface area contributed by atoms with E-state index in [1.54, 1.807) is 16.3 Å². The maximum absolute atomic E-state index is 12.8. The first-order valence-electron chi connectivity index (χ1n) is 8.33. The lowest BCUT2D eigenvalue weighted by Crippen LogP contribution is -2.25. The zero-order valence-electron chi connectivity index (χ0n) is 14.8. The van der Waals surface area contributed by atoms with Gasteiger partial charge in [0, 0.05) is 30.5 Å². The number of nitrogens with zero attached hydrogens (tertiary/aromatic N) is 2. The van der Waals surface area contributed by atoms with Crippen molar-refractivity contribution in [3.8, 4) is 0 Å². The normalized spacial score (nSPS) is 10.8. The molecule has 0 aliphatic rings. The summed E-state index contributed by atoms with van der Waals surface area (Å²) in [6, 6.07) is 18.5. The first-order valence-corrected chi connectivity index (χ1v) is 9.32. The monoisotopic (exact) mass is 350 g/mol. The Hall–Kier alpha value is -2.33. The highest BCUT2D eigenvalue weighted by Gasteiger charge is 2.13. The zero-order valence-corrected chi connectivity index (χ0v) is 15.6. The molecule has 0 fully saturated rings. The standard InChI is InChI=1S/C21H22N2OS/c1-15-8-7-11-18(12-15)13-19-16(2)22-21(23(3)20(19)24)25-14-17-9-5-4-6-10-17/h4-12H,13-14H2,1-3H3. The Labute approximate surface area is 152 Å². The number of hydrogen-bond donors (Lipinski definition) is 0. The van der Waals surface area contributed by atoms with Crippen molar-refractivity contribution in [2.24, 2.45) is 7.05 Å². The van der Waals surface area contributed by atoms with Gasteiger partial charge in [-0.3, -0.25) is 9.36 Å². The van der Waals surface area contributed by atoms with Crippen LogP contribution in [0, 0.1) is 13.8 Å². The van der Waals surface area contributed by atoms with E-state index in [1.807, 2.05) is 38.2 Å². The van der Waals surface area contributed by atoms with Crippen molar-refractivity contribution in [3.05, 3.63) is 92.9 Å². The number of rotatable bonds is 5. The molecule has 0 N–H and O–H groups in total. The lowest BCUT2D eigenvalue weighted by molar-refractivity contribution is 0.683.